The van der Waals surface area contributed by atoms with E-state index >= 15 is 0 Å². The predicted molar refractivity (Wildman–Crippen MR) is 79.2 cm³/mol. The minimum absolute atomic E-state index is 0.118. The van der Waals surface area contributed by atoms with E-state index in [0.717, 1.165) is 12.1 Å². The van der Waals surface area contributed by atoms with Crippen LogP contribution in [0.2, 0.25) is 0 Å². The molecule has 0 heterocycles. The van der Waals surface area contributed by atoms with E-state index in [2.05, 4.69) is 20.7 Å². The highest BCUT2D eigenvalue weighted by Gasteiger charge is 2.25. The number of aliphatic hydroxyl groups is 1. The van der Waals surface area contributed by atoms with Crippen LogP contribution in [-0.4, -0.2) is 25.7 Å². The predicted octanol–water partition coefficient (Wildman–Crippen LogP) is 2.00. The molecule has 0 aromatic heterocycles. The molecule has 0 aliphatic heterocycles. The molecular weight excluding hydrogens is 351 g/mol. The Bertz CT molecular complexity index is 591. The van der Waals surface area contributed by atoms with Gasteiger partial charge < -0.3 is 10.8 Å². The van der Waals surface area contributed by atoms with Gasteiger partial charge in [-0.3, -0.25) is 0 Å². The second-order valence-corrected chi connectivity index (χ2v) is 7.47. The second kappa shape index (κ2) is 6.38. The summed E-state index contributed by atoms with van der Waals surface area (Å²) in [5.74, 6) is -0.909. The van der Waals surface area contributed by atoms with Gasteiger partial charge in [-0.15, -0.1) is 0 Å². The maximum absolute atomic E-state index is 13.7. The van der Waals surface area contributed by atoms with E-state index in [-0.39, 0.29) is 16.7 Å². The van der Waals surface area contributed by atoms with Crippen LogP contribution in [0.5, 0.6) is 0 Å². The topological polar surface area (TPSA) is 92.4 Å². The van der Waals surface area contributed by atoms with Crippen molar-refractivity contribution in [2.45, 2.75) is 37.2 Å². The van der Waals surface area contributed by atoms with E-state index in [0.29, 0.717) is 12.8 Å². The Morgan fingerprint density at radius 2 is 2.10 bits per heavy atom. The highest BCUT2D eigenvalue weighted by atomic mass is 79.9. The third-order valence-electron chi connectivity index (χ3n) is 2.77. The van der Waals surface area contributed by atoms with Crippen LogP contribution in [-0.2, 0) is 10.0 Å². The zero-order valence-corrected chi connectivity index (χ0v) is 13.7. The molecular formula is C12H18BrFN2O3S. The Kier molecular flexibility index (Phi) is 5.54. The first-order valence-corrected chi connectivity index (χ1v) is 8.33. The van der Waals surface area contributed by atoms with Crippen LogP contribution in [0.1, 0.15) is 26.7 Å². The average molecular weight is 369 g/mol. The van der Waals surface area contributed by atoms with Crippen LogP contribution in [0.25, 0.3) is 0 Å². The van der Waals surface area contributed by atoms with Crippen LogP contribution < -0.4 is 10.5 Å². The van der Waals surface area contributed by atoms with Crippen molar-refractivity contribution >= 4 is 31.6 Å². The Labute approximate surface area is 126 Å². The lowest BCUT2D eigenvalue weighted by atomic mass is 10.0. The first-order chi connectivity index (χ1) is 9.09. The first kappa shape index (κ1) is 17.4. The lowest BCUT2D eigenvalue weighted by Gasteiger charge is -2.23. The molecule has 0 saturated heterocycles. The molecule has 1 unspecified atom stereocenters. The summed E-state index contributed by atoms with van der Waals surface area (Å²) in [5.41, 5.74) is 4.50. The monoisotopic (exact) mass is 368 g/mol. The molecule has 20 heavy (non-hydrogen) atoms. The van der Waals surface area contributed by atoms with Gasteiger partial charge in [0, 0.05) is 16.7 Å². The highest BCUT2D eigenvalue weighted by molar-refractivity contribution is 9.10. The van der Waals surface area contributed by atoms with Gasteiger partial charge in [-0.1, -0.05) is 13.3 Å². The number of nitrogen functional groups attached to an aromatic ring is 1. The quantitative estimate of drug-likeness (QED) is 0.669. The minimum Gasteiger partial charge on any atom is -0.398 e. The van der Waals surface area contributed by atoms with Gasteiger partial charge in [0.2, 0.25) is 10.0 Å². The number of rotatable bonds is 6. The Morgan fingerprint density at radius 3 is 2.65 bits per heavy atom. The SMILES string of the molecule is CCCC(C)(O)CNS(=O)(=O)c1cc(N)c(Br)cc1F. The van der Waals surface area contributed by atoms with Gasteiger partial charge in [0.25, 0.3) is 0 Å². The molecule has 0 radical (unpaired) electrons. The number of anilines is 1. The summed E-state index contributed by atoms with van der Waals surface area (Å²) in [7, 11) is -4.07. The molecule has 0 aliphatic carbocycles. The van der Waals surface area contributed by atoms with E-state index in [1.807, 2.05) is 6.92 Å². The van der Waals surface area contributed by atoms with Gasteiger partial charge in [0.1, 0.15) is 10.7 Å². The number of hydrogen-bond donors (Lipinski definition) is 3. The third-order valence-corrected chi connectivity index (χ3v) is 4.88. The second-order valence-electron chi connectivity index (χ2n) is 4.88. The van der Waals surface area contributed by atoms with Crippen LogP contribution in [0.3, 0.4) is 0 Å². The normalized spacial score (nSPS) is 15.1. The van der Waals surface area contributed by atoms with Gasteiger partial charge >= 0.3 is 0 Å². The first-order valence-electron chi connectivity index (χ1n) is 6.05. The van der Waals surface area contributed by atoms with E-state index in [9.17, 15) is 17.9 Å². The van der Waals surface area contributed by atoms with E-state index in [1.165, 1.54) is 6.92 Å². The van der Waals surface area contributed by atoms with Crippen molar-refractivity contribution in [2.75, 3.05) is 12.3 Å². The average Bonchev–Trinajstić information content (AvgIpc) is 2.31. The molecule has 0 amide bonds. The minimum atomic E-state index is -4.07. The standard InChI is InChI=1S/C12H18BrFN2O3S/c1-3-4-12(2,17)7-16-20(18,19)11-6-10(15)8(13)5-9(11)14/h5-6,16-17H,3-4,7,15H2,1-2H3. The summed E-state index contributed by atoms with van der Waals surface area (Å²) in [6.45, 7) is 3.20. The van der Waals surface area contributed by atoms with Crippen molar-refractivity contribution in [3.8, 4) is 0 Å². The number of sulfonamides is 1. The Morgan fingerprint density at radius 1 is 1.50 bits per heavy atom. The molecule has 1 atom stereocenters. The molecule has 0 saturated carbocycles. The van der Waals surface area contributed by atoms with Crippen LogP contribution in [0.15, 0.2) is 21.5 Å². The largest absolute Gasteiger partial charge is 0.398 e. The number of halogens is 2. The maximum atomic E-state index is 13.7. The van der Waals surface area contributed by atoms with E-state index < -0.39 is 26.3 Å². The van der Waals surface area contributed by atoms with Gasteiger partial charge in [-0.05, 0) is 41.4 Å². The van der Waals surface area contributed by atoms with Gasteiger partial charge in [0.15, 0.2) is 0 Å². The van der Waals surface area contributed by atoms with Crippen molar-refractivity contribution in [2.24, 2.45) is 0 Å². The molecule has 0 bridgehead atoms. The maximum Gasteiger partial charge on any atom is 0.243 e. The Hall–Kier alpha value is -0.700. The zero-order valence-electron chi connectivity index (χ0n) is 11.3. The molecule has 1 aromatic carbocycles. The van der Waals surface area contributed by atoms with Crippen LogP contribution in [0, 0.1) is 5.82 Å². The van der Waals surface area contributed by atoms with Crippen molar-refractivity contribution in [1.82, 2.24) is 4.72 Å². The molecule has 4 N–H and O–H groups in total. The summed E-state index contributed by atoms with van der Waals surface area (Å²) in [6.07, 6.45) is 1.13. The van der Waals surface area contributed by atoms with Gasteiger partial charge in [-0.2, -0.15) is 0 Å². The third kappa shape index (κ3) is 4.41. The van der Waals surface area contributed by atoms with Gasteiger partial charge in [-0.25, -0.2) is 17.5 Å². The molecule has 8 heteroatoms. The number of hydrogen-bond acceptors (Lipinski definition) is 4. The van der Waals surface area contributed by atoms with Crippen molar-refractivity contribution in [1.29, 1.82) is 0 Å². The lowest BCUT2D eigenvalue weighted by molar-refractivity contribution is 0.0554. The van der Waals surface area contributed by atoms with E-state index in [1.54, 1.807) is 0 Å². The summed E-state index contributed by atoms with van der Waals surface area (Å²) in [5, 5.41) is 9.94. The van der Waals surface area contributed by atoms with Gasteiger partial charge in [0.05, 0.1) is 5.60 Å². The summed E-state index contributed by atoms with van der Waals surface area (Å²) in [6, 6.07) is 2.03. The molecule has 1 rings (SSSR count). The molecule has 0 spiro atoms. The van der Waals surface area contributed by atoms with Crippen LogP contribution in [0.4, 0.5) is 10.1 Å². The van der Waals surface area contributed by atoms with Crippen molar-refractivity contribution < 1.29 is 17.9 Å². The summed E-state index contributed by atoms with van der Waals surface area (Å²) in [4.78, 5) is -0.537. The fourth-order valence-corrected chi connectivity index (χ4v) is 3.28. The summed E-state index contributed by atoms with van der Waals surface area (Å²) < 4.78 is 40.3. The fourth-order valence-electron chi connectivity index (χ4n) is 1.71. The molecule has 0 aliphatic rings. The number of nitrogens with one attached hydrogen (secondary N) is 1. The molecule has 5 nitrogen and oxygen atoms in total. The van der Waals surface area contributed by atoms with Crippen LogP contribution >= 0.6 is 15.9 Å². The van der Waals surface area contributed by atoms with Crippen molar-refractivity contribution in [3.63, 3.8) is 0 Å². The number of nitrogens with two attached hydrogens (primary N) is 1. The smallest absolute Gasteiger partial charge is 0.243 e. The zero-order chi connectivity index (χ0) is 15.6. The fraction of sp³-hybridized carbons (Fsp3) is 0.500. The number of benzene rings is 1. The Balaban J connectivity index is 2.98. The summed E-state index contributed by atoms with van der Waals surface area (Å²) >= 11 is 3.02. The highest BCUT2D eigenvalue weighted by Crippen LogP contribution is 2.26. The lowest BCUT2D eigenvalue weighted by Crippen LogP contribution is -2.40. The van der Waals surface area contributed by atoms with Crippen molar-refractivity contribution in [3.05, 3.63) is 22.4 Å². The molecule has 1 aromatic rings. The van der Waals surface area contributed by atoms with E-state index in [4.69, 9.17) is 5.73 Å². The molecule has 114 valence electrons. The molecule has 0 fully saturated rings.